The van der Waals surface area contributed by atoms with Crippen LogP contribution >= 0.6 is 11.6 Å². The molecule has 0 atom stereocenters. The van der Waals surface area contributed by atoms with Gasteiger partial charge in [0.2, 0.25) is 5.88 Å². The summed E-state index contributed by atoms with van der Waals surface area (Å²) in [6.45, 7) is 0.810. The van der Waals surface area contributed by atoms with Gasteiger partial charge in [0, 0.05) is 12.7 Å². The van der Waals surface area contributed by atoms with Crippen molar-refractivity contribution in [3.8, 4) is 11.6 Å². The Hall–Kier alpha value is -1.78. The molecule has 0 aliphatic heterocycles. The van der Waals surface area contributed by atoms with Gasteiger partial charge in [-0.05, 0) is 29.3 Å². The molecule has 0 aliphatic carbocycles. The van der Waals surface area contributed by atoms with Crippen LogP contribution < -0.4 is 15.2 Å². The number of nitrogens with two attached hydrogens (primary N) is 1. The number of nitrogens with zero attached hydrogens (tertiary/aromatic N) is 1. The summed E-state index contributed by atoms with van der Waals surface area (Å²) in [5.41, 5.74) is 7.40. The summed E-state index contributed by atoms with van der Waals surface area (Å²) in [6, 6.07) is 9.39. The van der Waals surface area contributed by atoms with E-state index in [4.69, 9.17) is 26.8 Å². The molecule has 19 heavy (non-hydrogen) atoms. The lowest BCUT2D eigenvalue weighted by Crippen LogP contribution is -2.01. The third-order valence-corrected chi connectivity index (χ3v) is 2.91. The van der Waals surface area contributed by atoms with Crippen molar-refractivity contribution in [1.29, 1.82) is 0 Å². The summed E-state index contributed by atoms with van der Waals surface area (Å²) in [4.78, 5) is 4.14. The monoisotopic (exact) mass is 278 g/mol. The number of rotatable bonds is 5. The number of hydrogen-bond acceptors (Lipinski definition) is 4. The van der Waals surface area contributed by atoms with E-state index in [0.29, 0.717) is 24.1 Å². The van der Waals surface area contributed by atoms with Crippen LogP contribution in [-0.4, -0.2) is 12.1 Å². The fourth-order valence-corrected chi connectivity index (χ4v) is 1.80. The molecule has 0 spiro atoms. The zero-order chi connectivity index (χ0) is 13.7. The molecule has 1 aromatic carbocycles. The first kappa shape index (κ1) is 13.6. The molecular formula is C14H15ClN2O2. The number of pyridine rings is 1. The Bertz CT molecular complexity index is 544. The van der Waals surface area contributed by atoms with Crippen molar-refractivity contribution < 1.29 is 9.47 Å². The van der Waals surface area contributed by atoms with Gasteiger partial charge < -0.3 is 15.2 Å². The van der Waals surface area contributed by atoms with Gasteiger partial charge in [-0.3, -0.25) is 0 Å². The number of ether oxygens (including phenoxy) is 2. The second-order valence-corrected chi connectivity index (χ2v) is 4.38. The molecule has 1 aromatic heterocycles. The maximum atomic E-state index is 6.06. The van der Waals surface area contributed by atoms with Crippen LogP contribution in [0.25, 0.3) is 0 Å². The lowest BCUT2D eigenvalue weighted by Gasteiger charge is -2.08. The van der Waals surface area contributed by atoms with Crippen LogP contribution in [0, 0.1) is 0 Å². The van der Waals surface area contributed by atoms with E-state index >= 15 is 0 Å². The van der Waals surface area contributed by atoms with Crippen molar-refractivity contribution in [3.05, 3.63) is 52.7 Å². The molecule has 0 fully saturated rings. The van der Waals surface area contributed by atoms with Gasteiger partial charge in [-0.1, -0.05) is 23.7 Å². The molecule has 2 N–H and O–H groups in total. The average Bonchev–Trinajstić information content (AvgIpc) is 2.46. The van der Waals surface area contributed by atoms with E-state index in [1.54, 1.807) is 19.4 Å². The number of aromatic nitrogens is 1. The zero-order valence-electron chi connectivity index (χ0n) is 10.6. The van der Waals surface area contributed by atoms with Crippen molar-refractivity contribution in [2.45, 2.75) is 13.2 Å². The number of benzene rings is 1. The lowest BCUT2D eigenvalue weighted by atomic mass is 10.2. The Labute approximate surface area is 117 Å². The van der Waals surface area contributed by atoms with Gasteiger partial charge >= 0.3 is 0 Å². The molecule has 0 amide bonds. The molecule has 1 heterocycles. The number of methoxy groups -OCH3 is 1. The Morgan fingerprint density at radius 3 is 2.53 bits per heavy atom. The standard InChI is InChI=1S/C14H15ClN2O2/c1-18-12-4-2-10(3-5-12)9-19-14-13(15)6-11(7-16)8-17-14/h2-6,8H,7,9,16H2,1H3. The van der Waals surface area contributed by atoms with E-state index in [2.05, 4.69) is 4.98 Å². The minimum absolute atomic E-state index is 0.401. The second-order valence-electron chi connectivity index (χ2n) is 3.97. The van der Waals surface area contributed by atoms with Crippen LogP contribution in [0.5, 0.6) is 11.6 Å². The third kappa shape index (κ3) is 3.59. The summed E-state index contributed by atoms with van der Waals surface area (Å²) in [5, 5.41) is 0.469. The molecule has 0 saturated heterocycles. The fourth-order valence-electron chi connectivity index (χ4n) is 1.56. The third-order valence-electron chi connectivity index (χ3n) is 2.63. The largest absolute Gasteiger partial charge is 0.497 e. The molecule has 0 aliphatic rings. The minimum Gasteiger partial charge on any atom is -0.497 e. The van der Waals surface area contributed by atoms with Gasteiger partial charge in [-0.15, -0.1) is 0 Å². The summed E-state index contributed by atoms with van der Waals surface area (Å²) >= 11 is 6.06. The van der Waals surface area contributed by atoms with Crippen LogP contribution in [-0.2, 0) is 13.2 Å². The molecule has 0 saturated carbocycles. The Morgan fingerprint density at radius 2 is 1.95 bits per heavy atom. The van der Waals surface area contributed by atoms with E-state index in [1.807, 2.05) is 24.3 Å². The van der Waals surface area contributed by atoms with Gasteiger partial charge in [0.1, 0.15) is 17.4 Å². The zero-order valence-corrected chi connectivity index (χ0v) is 11.4. The van der Waals surface area contributed by atoms with E-state index in [1.165, 1.54) is 0 Å². The first-order chi connectivity index (χ1) is 9.22. The smallest absolute Gasteiger partial charge is 0.232 e. The van der Waals surface area contributed by atoms with Gasteiger partial charge in [-0.25, -0.2) is 4.98 Å². The van der Waals surface area contributed by atoms with Crippen molar-refractivity contribution in [2.75, 3.05) is 7.11 Å². The van der Waals surface area contributed by atoms with Gasteiger partial charge in [0.05, 0.1) is 7.11 Å². The molecular weight excluding hydrogens is 264 g/mol. The van der Waals surface area contributed by atoms with E-state index in [0.717, 1.165) is 16.9 Å². The first-order valence-corrected chi connectivity index (χ1v) is 6.21. The summed E-state index contributed by atoms with van der Waals surface area (Å²) in [5.74, 6) is 1.22. The SMILES string of the molecule is COc1ccc(COc2ncc(CN)cc2Cl)cc1. The van der Waals surface area contributed by atoms with Crippen LogP contribution in [0.15, 0.2) is 36.5 Å². The highest BCUT2D eigenvalue weighted by Crippen LogP contribution is 2.23. The second kappa shape index (κ2) is 6.41. The highest BCUT2D eigenvalue weighted by atomic mass is 35.5. The molecule has 5 heteroatoms. The molecule has 0 unspecified atom stereocenters. The van der Waals surface area contributed by atoms with Gasteiger partial charge in [0.25, 0.3) is 0 Å². The predicted molar refractivity (Wildman–Crippen MR) is 74.5 cm³/mol. The fraction of sp³-hybridized carbons (Fsp3) is 0.214. The topological polar surface area (TPSA) is 57.4 Å². The highest BCUT2D eigenvalue weighted by Gasteiger charge is 2.05. The van der Waals surface area contributed by atoms with Crippen LogP contribution in [0.4, 0.5) is 0 Å². The maximum Gasteiger partial charge on any atom is 0.232 e. The number of hydrogen-bond donors (Lipinski definition) is 1. The Morgan fingerprint density at radius 1 is 1.21 bits per heavy atom. The van der Waals surface area contributed by atoms with E-state index < -0.39 is 0 Å². The quantitative estimate of drug-likeness (QED) is 0.914. The number of halogens is 1. The lowest BCUT2D eigenvalue weighted by molar-refractivity contribution is 0.293. The van der Waals surface area contributed by atoms with E-state index in [-0.39, 0.29) is 0 Å². The molecule has 0 bridgehead atoms. The van der Waals surface area contributed by atoms with Crippen molar-refractivity contribution in [2.24, 2.45) is 5.73 Å². The molecule has 100 valence electrons. The molecule has 0 radical (unpaired) electrons. The maximum absolute atomic E-state index is 6.06. The summed E-state index contributed by atoms with van der Waals surface area (Å²) < 4.78 is 10.7. The Kier molecular flexibility index (Phi) is 4.60. The summed E-state index contributed by atoms with van der Waals surface area (Å²) in [7, 11) is 1.63. The van der Waals surface area contributed by atoms with Crippen LogP contribution in [0.3, 0.4) is 0 Å². The van der Waals surface area contributed by atoms with Crippen molar-refractivity contribution >= 4 is 11.6 Å². The normalized spacial score (nSPS) is 10.3. The molecule has 2 aromatic rings. The average molecular weight is 279 g/mol. The Balaban J connectivity index is 2.01. The van der Waals surface area contributed by atoms with E-state index in [9.17, 15) is 0 Å². The predicted octanol–water partition coefficient (Wildman–Crippen LogP) is 2.78. The minimum atomic E-state index is 0.401. The summed E-state index contributed by atoms with van der Waals surface area (Å²) in [6.07, 6.45) is 1.66. The van der Waals surface area contributed by atoms with Gasteiger partial charge in [-0.2, -0.15) is 0 Å². The molecule has 4 nitrogen and oxygen atoms in total. The van der Waals surface area contributed by atoms with Crippen LogP contribution in [0.2, 0.25) is 5.02 Å². The first-order valence-electron chi connectivity index (χ1n) is 5.83. The molecule has 2 rings (SSSR count). The highest BCUT2D eigenvalue weighted by molar-refractivity contribution is 6.31. The van der Waals surface area contributed by atoms with Crippen LogP contribution in [0.1, 0.15) is 11.1 Å². The van der Waals surface area contributed by atoms with Crippen molar-refractivity contribution in [1.82, 2.24) is 4.98 Å². The van der Waals surface area contributed by atoms with Gasteiger partial charge in [0.15, 0.2) is 0 Å². The van der Waals surface area contributed by atoms with Crippen molar-refractivity contribution in [3.63, 3.8) is 0 Å².